The van der Waals surface area contributed by atoms with Crippen molar-refractivity contribution in [1.29, 1.82) is 0 Å². The van der Waals surface area contributed by atoms with Crippen LogP contribution in [0.2, 0.25) is 0 Å². The lowest BCUT2D eigenvalue weighted by Crippen LogP contribution is -2.37. The Hall–Kier alpha value is -2.83. The number of hydroxylamine groups is 2. The summed E-state index contributed by atoms with van der Waals surface area (Å²) in [6.07, 6.45) is 0. The van der Waals surface area contributed by atoms with Gasteiger partial charge < -0.3 is 0 Å². The summed E-state index contributed by atoms with van der Waals surface area (Å²) in [4.78, 5) is 37.4. The Labute approximate surface area is 157 Å². The predicted molar refractivity (Wildman–Crippen MR) is 92.2 cm³/mol. The van der Waals surface area contributed by atoms with Crippen molar-refractivity contribution in [3.8, 4) is 0 Å². The molecule has 28 heavy (non-hydrogen) atoms. The maximum atomic E-state index is 12.6. The second-order valence-electron chi connectivity index (χ2n) is 5.67. The topological polar surface area (TPSA) is 97.8 Å². The first kappa shape index (κ1) is 18.5. The zero-order valence-corrected chi connectivity index (χ0v) is 14.9. The first-order valence-electron chi connectivity index (χ1n) is 7.41. The number of carbonyl (C=O) groups excluding carboxylic acids is 2. The van der Waals surface area contributed by atoms with Gasteiger partial charge in [0.2, 0.25) is 0 Å². The van der Waals surface area contributed by atoms with E-state index in [2.05, 4.69) is 4.28 Å². The number of fused-ring (bicyclic) bond motifs is 4. The number of halogens is 3. The van der Waals surface area contributed by atoms with Crippen LogP contribution in [0.5, 0.6) is 0 Å². The van der Waals surface area contributed by atoms with Gasteiger partial charge in [0, 0.05) is 15.5 Å². The van der Waals surface area contributed by atoms with Crippen LogP contribution >= 0.6 is 11.3 Å². The third-order valence-electron chi connectivity index (χ3n) is 4.02. The summed E-state index contributed by atoms with van der Waals surface area (Å²) >= 11 is 0.975. The summed E-state index contributed by atoms with van der Waals surface area (Å²) in [5.74, 6) is -2.77. The summed E-state index contributed by atoms with van der Waals surface area (Å²) < 4.78 is 64.3. The van der Waals surface area contributed by atoms with Gasteiger partial charge in [-0.1, -0.05) is 12.1 Å². The summed E-state index contributed by atoms with van der Waals surface area (Å²) in [7, 11) is -6.23. The standard InChI is InChI=1S/C16H6F3NO6S2/c17-16(18,19)28(24,25)26-20-14(22)8-5-6-9-12(21)7-3-1-2-4-10(7)27-13(9)11(8)15(20)23/h1-6H. The minimum Gasteiger partial charge on any atom is -0.289 e. The SMILES string of the molecule is O=C1c2ccc3c(=O)c4ccccc4sc3c2C(=O)N1OS(=O)(=O)C(F)(F)F. The molecule has 1 aromatic heterocycles. The summed E-state index contributed by atoms with van der Waals surface area (Å²) in [6, 6.07) is 8.78. The van der Waals surface area contributed by atoms with E-state index in [0.717, 1.165) is 17.4 Å². The number of amides is 2. The Kier molecular flexibility index (Phi) is 3.86. The third kappa shape index (κ3) is 2.52. The van der Waals surface area contributed by atoms with Gasteiger partial charge in [-0.25, -0.2) is 0 Å². The number of nitrogens with zero attached hydrogens (tertiary/aromatic N) is 1. The third-order valence-corrected chi connectivity index (χ3v) is 6.13. The van der Waals surface area contributed by atoms with E-state index in [0.29, 0.717) is 10.1 Å². The molecule has 12 heteroatoms. The van der Waals surface area contributed by atoms with Crippen LogP contribution in [0.15, 0.2) is 41.2 Å². The lowest BCUT2D eigenvalue weighted by molar-refractivity contribution is -0.0748. The van der Waals surface area contributed by atoms with Gasteiger partial charge in [0.15, 0.2) is 5.43 Å². The van der Waals surface area contributed by atoms with E-state index >= 15 is 0 Å². The molecule has 0 aliphatic carbocycles. The van der Waals surface area contributed by atoms with Crippen molar-refractivity contribution < 1.29 is 35.5 Å². The van der Waals surface area contributed by atoms with E-state index < -0.39 is 37.9 Å². The van der Waals surface area contributed by atoms with Gasteiger partial charge in [-0.3, -0.25) is 14.4 Å². The lowest BCUT2D eigenvalue weighted by Gasteiger charge is -2.14. The number of hydrogen-bond acceptors (Lipinski definition) is 7. The van der Waals surface area contributed by atoms with Crippen LogP contribution in [0.4, 0.5) is 13.2 Å². The van der Waals surface area contributed by atoms with Crippen molar-refractivity contribution in [3.05, 3.63) is 57.7 Å². The molecule has 1 aliphatic rings. The molecule has 2 amide bonds. The molecule has 0 fully saturated rings. The van der Waals surface area contributed by atoms with Crippen molar-refractivity contribution in [3.63, 3.8) is 0 Å². The summed E-state index contributed by atoms with van der Waals surface area (Å²) in [6.45, 7) is 0. The minimum atomic E-state index is -6.23. The highest BCUT2D eigenvalue weighted by Crippen LogP contribution is 2.36. The molecule has 0 unspecified atom stereocenters. The van der Waals surface area contributed by atoms with Crippen molar-refractivity contribution in [2.45, 2.75) is 5.51 Å². The number of benzene rings is 2. The van der Waals surface area contributed by atoms with E-state index in [1.807, 2.05) is 0 Å². The van der Waals surface area contributed by atoms with Gasteiger partial charge in [0.1, 0.15) is 0 Å². The van der Waals surface area contributed by atoms with Crippen LogP contribution in [-0.4, -0.2) is 30.8 Å². The molecule has 0 spiro atoms. The van der Waals surface area contributed by atoms with E-state index in [9.17, 15) is 36.0 Å². The molecule has 3 aromatic rings. The Bertz CT molecular complexity index is 1360. The van der Waals surface area contributed by atoms with E-state index in [-0.39, 0.29) is 21.2 Å². The maximum Gasteiger partial charge on any atom is 0.525 e. The van der Waals surface area contributed by atoms with Gasteiger partial charge >= 0.3 is 15.6 Å². The first-order valence-corrected chi connectivity index (χ1v) is 9.63. The zero-order valence-electron chi connectivity index (χ0n) is 13.3. The van der Waals surface area contributed by atoms with Crippen molar-refractivity contribution in [2.24, 2.45) is 0 Å². The summed E-state index contributed by atoms with van der Waals surface area (Å²) in [5.41, 5.74) is -7.01. The fourth-order valence-corrected chi connectivity index (χ4v) is 4.39. The number of carbonyl (C=O) groups is 2. The molecule has 0 atom stereocenters. The van der Waals surface area contributed by atoms with Crippen LogP contribution in [-0.2, 0) is 14.4 Å². The number of hydrogen-bond donors (Lipinski definition) is 0. The Balaban J connectivity index is 1.94. The van der Waals surface area contributed by atoms with Crippen molar-refractivity contribution >= 4 is 53.4 Å². The Morgan fingerprint density at radius 3 is 2.29 bits per heavy atom. The highest BCUT2D eigenvalue weighted by atomic mass is 32.2. The number of imide groups is 1. The molecule has 0 bridgehead atoms. The normalized spacial score (nSPS) is 14.9. The molecule has 2 heterocycles. The van der Waals surface area contributed by atoms with Crippen LogP contribution in [0.1, 0.15) is 20.7 Å². The minimum absolute atomic E-state index is 0.0510. The van der Waals surface area contributed by atoms with Crippen molar-refractivity contribution in [2.75, 3.05) is 0 Å². The average molecular weight is 429 g/mol. The van der Waals surface area contributed by atoms with E-state index in [1.165, 1.54) is 6.07 Å². The van der Waals surface area contributed by atoms with Gasteiger partial charge in [-0.2, -0.15) is 21.6 Å². The smallest absolute Gasteiger partial charge is 0.289 e. The van der Waals surface area contributed by atoms with Gasteiger partial charge in [-0.15, -0.1) is 20.7 Å². The molecule has 0 saturated heterocycles. The fraction of sp³-hybridized carbons (Fsp3) is 0.0625. The molecule has 1 aliphatic heterocycles. The largest absolute Gasteiger partial charge is 0.525 e. The highest BCUT2D eigenvalue weighted by Gasteiger charge is 2.52. The monoisotopic (exact) mass is 429 g/mol. The average Bonchev–Trinajstić information content (AvgIpc) is 2.86. The van der Waals surface area contributed by atoms with Crippen LogP contribution in [0.3, 0.4) is 0 Å². The molecule has 7 nitrogen and oxygen atoms in total. The van der Waals surface area contributed by atoms with Gasteiger partial charge in [0.05, 0.1) is 15.8 Å². The highest BCUT2D eigenvalue weighted by molar-refractivity contribution is 7.87. The van der Waals surface area contributed by atoms with Crippen LogP contribution in [0.25, 0.3) is 20.2 Å². The first-order chi connectivity index (χ1) is 13.0. The number of rotatable bonds is 2. The Morgan fingerprint density at radius 2 is 1.61 bits per heavy atom. The molecule has 144 valence electrons. The second-order valence-corrected chi connectivity index (χ2v) is 8.24. The van der Waals surface area contributed by atoms with Gasteiger partial charge in [-0.05, 0) is 24.3 Å². The Morgan fingerprint density at radius 1 is 0.929 bits per heavy atom. The molecule has 0 saturated carbocycles. The molecule has 4 rings (SSSR count). The molecule has 2 aromatic carbocycles. The van der Waals surface area contributed by atoms with Crippen LogP contribution < -0.4 is 5.43 Å². The molecule has 0 N–H and O–H groups in total. The predicted octanol–water partition coefficient (Wildman–Crippen LogP) is 2.79. The molecular weight excluding hydrogens is 423 g/mol. The molecular formula is C16H6F3NO6S2. The zero-order chi connectivity index (χ0) is 20.4. The molecule has 0 radical (unpaired) electrons. The number of alkyl halides is 3. The lowest BCUT2D eigenvalue weighted by atomic mass is 10.1. The van der Waals surface area contributed by atoms with Crippen LogP contribution in [0, 0.1) is 0 Å². The van der Waals surface area contributed by atoms with Crippen molar-refractivity contribution in [1.82, 2.24) is 5.06 Å². The second kappa shape index (κ2) is 5.83. The quantitative estimate of drug-likeness (QED) is 0.353. The fourth-order valence-electron chi connectivity index (χ4n) is 2.77. The van der Waals surface area contributed by atoms with Gasteiger partial charge in [0.25, 0.3) is 11.8 Å². The maximum absolute atomic E-state index is 12.6. The summed E-state index contributed by atoms with van der Waals surface area (Å²) in [5, 5.41) is -0.0205. The van der Waals surface area contributed by atoms with E-state index in [4.69, 9.17) is 0 Å². The van der Waals surface area contributed by atoms with E-state index in [1.54, 1.807) is 24.3 Å².